The first-order valence-corrected chi connectivity index (χ1v) is 9.24. The normalized spacial score (nSPS) is 27.2. The summed E-state index contributed by atoms with van der Waals surface area (Å²) in [6.45, 7) is 3.35. The van der Waals surface area contributed by atoms with Gasteiger partial charge in [0.25, 0.3) is 0 Å². The van der Waals surface area contributed by atoms with Crippen molar-refractivity contribution >= 4 is 5.91 Å². The van der Waals surface area contributed by atoms with Crippen molar-refractivity contribution in [3.05, 3.63) is 35.4 Å². The van der Waals surface area contributed by atoms with Crippen molar-refractivity contribution in [3.8, 4) is 11.8 Å². The molecule has 0 radical (unpaired) electrons. The van der Waals surface area contributed by atoms with Crippen LogP contribution >= 0.6 is 0 Å². The molecule has 1 amide bonds. The highest BCUT2D eigenvalue weighted by Crippen LogP contribution is 2.28. The number of amides is 1. The SMILES string of the molecule is Cc1cccc(C#CC2(O)CCC[C@@H](NC(=O)C3CCOCC3)C2)c1. The van der Waals surface area contributed by atoms with E-state index in [0.717, 1.165) is 36.8 Å². The Morgan fingerprint density at radius 2 is 2.12 bits per heavy atom. The third-order valence-corrected chi connectivity index (χ3v) is 5.12. The number of aryl methyl sites for hydroxylation is 1. The Hall–Kier alpha value is -1.83. The molecule has 1 unspecified atom stereocenters. The predicted molar refractivity (Wildman–Crippen MR) is 96.9 cm³/mol. The Morgan fingerprint density at radius 1 is 1.32 bits per heavy atom. The lowest BCUT2D eigenvalue weighted by Gasteiger charge is -2.34. The fourth-order valence-electron chi connectivity index (χ4n) is 3.68. The van der Waals surface area contributed by atoms with Crippen LogP contribution in [0.25, 0.3) is 0 Å². The van der Waals surface area contributed by atoms with Crippen LogP contribution in [0.5, 0.6) is 0 Å². The molecule has 2 N–H and O–H groups in total. The Morgan fingerprint density at radius 3 is 2.88 bits per heavy atom. The van der Waals surface area contributed by atoms with Crippen LogP contribution in [0, 0.1) is 24.7 Å². The van der Waals surface area contributed by atoms with Crippen molar-refractivity contribution in [1.82, 2.24) is 5.32 Å². The molecule has 0 spiro atoms. The van der Waals surface area contributed by atoms with Crippen LogP contribution in [0.4, 0.5) is 0 Å². The van der Waals surface area contributed by atoms with E-state index in [-0.39, 0.29) is 17.9 Å². The number of carbonyl (C=O) groups is 1. The van der Waals surface area contributed by atoms with Gasteiger partial charge in [-0.2, -0.15) is 0 Å². The summed E-state index contributed by atoms with van der Waals surface area (Å²) in [5, 5.41) is 14.0. The predicted octanol–water partition coefficient (Wildman–Crippen LogP) is 2.56. The second-order valence-corrected chi connectivity index (χ2v) is 7.34. The quantitative estimate of drug-likeness (QED) is 0.813. The number of benzene rings is 1. The van der Waals surface area contributed by atoms with E-state index < -0.39 is 5.60 Å². The van der Waals surface area contributed by atoms with Crippen LogP contribution in [0.15, 0.2) is 24.3 Å². The molecule has 1 saturated carbocycles. The monoisotopic (exact) mass is 341 g/mol. The molecule has 1 aromatic rings. The third-order valence-electron chi connectivity index (χ3n) is 5.12. The highest BCUT2D eigenvalue weighted by Gasteiger charge is 2.34. The highest BCUT2D eigenvalue weighted by atomic mass is 16.5. The molecule has 4 heteroatoms. The number of aliphatic hydroxyl groups is 1. The molecule has 2 fully saturated rings. The average Bonchev–Trinajstić information content (AvgIpc) is 2.61. The number of ether oxygens (including phenoxy) is 1. The summed E-state index contributed by atoms with van der Waals surface area (Å²) in [5.74, 6) is 6.31. The summed E-state index contributed by atoms with van der Waals surface area (Å²) >= 11 is 0. The van der Waals surface area contributed by atoms with Gasteiger partial charge in [0.2, 0.25) is 5.91 Å². The largest absolute Gasteiger partial charge is 0.381 e. The van der Waals surface area contributed by atoms with Crippen LogP contribution < -0.4 is 5.32 Å². The van der Waals surface area contributed by atoms with Crippen molar-refractivity contribution in [3.63, 3.8) is 0 Å². The minimum Gasteiger partial charge on any atom is -0.381 e. The Kier molecular flexibility index (Phi) is 5.78. The van der Waals surface area contributed by atoms with E-state index in [4.69, 9.17) is 4.74 Å². The van der Waals surface area contributed by atoms with Crippen molar-refractivity contribution in [2.24, 2.45) is 5.92 Å². The molecule has 1 aliphatic carbocycles. The van der Waals surface area contributed by atoms with Gasteiger partial charge in [-0.25, -0.2) is 0 Å². The smallest absolute Gasteiger partial charge is 0.223 e. The lowest BCUT2D eigenvalue weighted by Crippen LogP contribution is -2.47. The molecule has 3 rings (SSSR count). The number of rotatable bonds is 2. The minimum absolute atomic E-state index is 0.000837. The number of carbonyl (C=O) groups excluding carboxylic acids is 1. The standard InChI is InChI=1S/C21H27NO3/c1-16-4-2-5-17(14-16)7-11-21(24)10-3-6-19(15-21)22-20(23)18-8-12-25-13-9-18/h2,4-5,14,18-19,24H,3,6,8-10,12-13,15H2,1H3,(H,22,23)/t19-,21?/m1/s1. The highest BCUT2D eigenvalue weighted by molar-refractivity contribution is 5.79. The van der Waals surface area contributed by atoms with E-state index in [2.05, 4.69) is 17.2 Å². The number of nitrogens with one attached hydrogen (secondary N) is 1. The van der Waals surface area contributed by atoms with E-state index in [0.29, 0.717) is 26.1 Å². The molecule has 0 aromatic heterocycles. The maximum Gasteiger partial charge on any atom is 0.223 e. The van der Waals surface area contributed by atoms with Gasteiger partial charge in [-0.1, -0.05) is 24.0 Å². The molecule has 25 heavy (non-hydrogen) atoms. The van der Waals surface area contributed by atoms with E-state index in [1.54, 1.807) is 0 Å². The molecule has 1 saturated heterocycles. The second kappa shape index (κ2) is 8.03. The zero-order chi connectivity index (χ0) is 17.7. The molecule has 1 aliphatic heterocycles. The summed E-state index contributed by atoms with van der Waals surface area (Å²) in [6.07, 6.45) is 4.52. The summed E-state index contributed by atoms with van der Waals surface area (Å²) in [6, 6.07) is 7.98. The molecule has 1 aromatic carbocycles. The Labute approximate surface area is 150 Å². The van der Waals surface area contributed by atoms with Crippen molar-refractivity contribution in [2.75, 3.05) is 13.2 Å². The molecule has 4 nitrogen and oxygen atoms in total. The molecule has 1 heterocycles. The van der Waals surface area contributed by atoms with Crippen LogP contribution in [-0.4, -0.2) is 35.9 Å². The molecule has 134 valence electrons. The van der Waals surface area contributed by atoms with Gasteiger partial charge < -0.3 is 15.2 Å². The first kappa shape index (κ1) is 18.0. The van der Waals surface area contributed by atoms with Gasteiger partial charge in [0, 0.05) is 37.2 Å². The topological polar surface area (TPSA) is 58.6 Å². The summed E-state index contributed by atoms with van der Waals surface area (Å²) in [4.78, 5) is 12.4. The second-order valence-electron chi connectivity index (χ2n) is 7.34. The van der Waals surface area contributed by atoms with Gasteiger partial charge in [-0.05, 0) is 56.7 Å². The molecule has 2 atom stereocenters. The minimum atomic E-state index is -1.02. The van der Waals surface area contributed by atoms with Gasteiger partial charge in [-0.15, -0.1) is 0 Å². The van der Waals surface area contributed by atoms with Gasteiger partial charge >= 0.3 is 0 Å². The zero-order valence-corrected chi connectivity index (χ0v) is 14.9. The fraction of sp³-hybridized carbons (Fsp3) is 0.571. The first-order valence-electron chi connectivity index (χ1n) is 9.24. The maximum absolute atomic E-state index is 12.4. The van der Waals surface area contributed by atoms with Crippen LogP contribution in [-0.2, 0) is 9.53 Å². The zero-order valence-electron chi connectivity index (χ0n) is 14.9. The molecular weight excluding hydrogens is 314 g/mol. The first-order chi connectivity index (χ1) is 12.0. The van der Waals surface area contributed by atoms with Gasteiger partial charge in [0.05, 0.1) is 0 Å². The van der Waals surface area contributed by atoms with E-state index in [9.17, 15) is 9.90 Å². The number of hydrogen-bond donors (Lipinski definition) is 2. The summed E-state index contributed by atoms with van der Waals surface area (Å²) in [5.41, 5.74) is 1.06. The average molecular weight is 341 g/mol. The van der Waals surface area contributed by atoms with E-state index >= 15 is 0 Å². The van der Waals surface area contributed by atoms with Gasteiger partial charge in [0.15, 0.2) is 0 Å². The van der Waals surface area contributed by atoms with Crippen LogP contribution in [0.1, 0.15) is 49.7 Å². The number of hydrogen-bond acceptors (Lipinski definition) is 3. The lowest BCUT2D eigenvalue weighted by atomic mass is 9.81. The van der Waals surface area contributed by atoms with E-state index in [1.807, 2.05) is 31.2 Å². The van der Waals surface area contributed by atoms with Gasteiger partial charge in [-0.3, -0.25) is 4.79 Å². The van der Waals surface area contributed by atoms with E-state index in [1.165, 1.54) is 0 Å². The third kappa shape index (κ3) is 5.07. The van der Waals surface area contributed by atoms with Crippen LogP contribution in [0.3, 0.4) is 0 Å². The summed E-state index contributed by atoms with van der Waals surface area (Å²) < 4.78 is 5.32. The summed E-state index contributed by atoms with van der Waals surface area (Å²) in [7, 11) is 0. The Balaban J connectivity index is 1.61. The van der Waals surface area contributed by atoms with Gasteiger partial charge in [0.1, 0.15) is 5.60 Å². The lowest BCUT2D eigenvalue weighted by molar-refractivity contribution is -0.129. The van der Waals surface area contributed by atoms with Crippen LogP contribution in [0.2, 0.25) is 0 Å². The van der Waals surface area contributed by atoms with Crippen molar-refractivity contribution in [2.45, 2.75) is 57.1 Å². The van der Waals surface area contributed by atoms with Crippen molar-refractivity contribution < 1.29 is 14.6 Å². The fourth-order valence-corrected chi connectivity index (χ4v) is 3.68. The molecular formula is C21H27NO3. The maximum atomic E-state index is 12.4. The van der Waals surface area contributed by atoms with Crippen molar-refractivity contribution in [1.29, 1.82) is 0 Å². The Bertz CT molecular complexity index is 669. The molecule has 0 bridgehead atoms. The molecule has 2 aliphatic rings.